The SMILES string of the molecule is Cc1ccc(C=Nc2cccc3c4c5c(cccc5cc23)C(=O)N(CCN(C)C)C4=O)cc1. The number of carbonyl (C=O) groups is 2. The van der Waals surface area contributed by atoms with Crippen LogP contribution in [0.5, 0.6) is 0 Å². The molecule has 164 valence electrons. The van der Waals surface area contributed by atoms with Gasteiger partial charge in [-0.25, -0.2) is 0 Å². The van der Waals surface area contributed by atoms with Gasteiger partial charge in [-0.2, -0.15) is 0 Å². The van der Waals surface area contributed by atoms with Gasteiger partial charge in [0, 0.05) is 35.6 Å². The van der Waals surface area contributed by atoms with Crippen LogP contribution in [0.4, 0.5) is 5.69 Å². The van der Waals surface area contributed by atoms with Crippen molar-refractivity contribution in [3.05, 3.63) is 89.0 Å². The summed E-state index contributed by atoms with van der Waals surface area (Å²) < 4.78 is 0. The summed E-state index contributed by atoms with van der Waals surface area (Å²) in [4.78, 5) is 34.9. The zero-order valence-electron chi connectivity index (χ0n) is 19.0. The molecule has 2 amide bonds. The van der Waals surface area contributed by atoms with Crippen LogP contribution in [0.3, 0.4) is 0 Å². The Morgan fingerprint density at radius 1 is 0.909 bits per heavy atom. The highest BCUT2D eigenvalue weighted by molar-refractivity contribution is 6.31. The number of hydrogen-bond donors (Lipinski definition) is 0. The molecule has 0 atom stereocenters. The van der Waals surface area contributed by atoms with Crippen LogP contribution in [-0.4, -0.2) is 55.0 Å². The summed E-state index contributed by atoms with van der Waals surface area (Å²) in [5.74, 6) is -0.469. The molecule has 1 aliphatic heterocycles. The van der Waals surface area contributed by atoms with E-state index in [2.05, 4.69) is 19.1 Å². The summed E-state index contributed by atoms with van der Waals surface area (Å²) in [5, 5.41) is 3.33. The van der Waals surface area contributed by atoms with Crippen LogP contribution in [0.1, 0.15) is 31.8 Å². The minimum Gasteiger partial charge on any atom is -0.308 e. The maximum Gasteiger partial charge on any atom is 0.262 e. The molecule has 5 rings (SSSR count). The lowest BCUT2D eigenvalue weighted by atomic mass is 9.89. The molecule has 0 saturated heterocycles. The summed E-state index contributed by atoms with van der Waals surface area (Å²) >= 11 is 0. The number of fused-ring (bicyclic) bond motifs is 2. The first-order valence-electron chi connectivity index (χ1n) is 11.0. The first-order valence-corrected chi connectivity index (χ1v) is 11.0. The van der Waals surface area contributed by atoms with Crippen molar-refractivity contribution in [2.75, 3.05) is 27.2 Å². The van der Waals surface area contributed by atoms with E-state index in [1.165, 1.54) is 10.5 Å². The number of imide groups is 1. The Kier molecular flexibility index (Phi) is 5.27. The van der Waals surface area contributed by atoms with Crippen molar-refractivity contribution in [2.45, 2.75) is 6.92 Å². The van der Waals surface area contributed by atoms with Gasteiger partial charge in [0.1, 0.15) is 0 Å². The molecule has 1 aliphatic rings. The number of carbonyl (C=O) groups excluding carboxylic acids is 2. The fraction of sp³-hybridized carbons (Fsp3) is 0.179. The van der Waals surface area contributed by atoms with Crippen LogP contribution in [-0.2, 0) is 0 Å². The monoisotopic (exact) mass is 435 g/mol. The molecule has 0 saturated carbocycles. The minimum absolute atomic E-state index is 0.229. The Labute approximate surface area is 193 Å². The van der Waals surface area contributed by atoms with Crippen LogP contribution < -0.4 is 0 Å². The van der Waals surface area contributed by atoms with E-state index in [0.29, 0.717) is 24.2 Å². The van der Waals surface area contributed by atoms with E-state index < -0.39 is 0 Å². The number of nitrogens with zero attached hydrogens (tertiary/aromatic N) is 3. The summed E-state index contributed by atoms with van der Waals surface area (Å²) in [6.45, 7) is 3.02. The maximum atomic E-state index is 13.6. The van der Waals surface area contributed by atoms with Crippen molar-refractivity contribution in [3.8, 4) is 0 Å². The second-order valence-electron chi connectivity index (χ2n) is 8.76. The van der Waals surface area contributed by atoms with Crippen LogP contribution in [0.25, 0.3) is 21.5 Å². The van der Waals surface area contributed by atoms with Gasteiger partial charge in [-0.3, -0.25) is 19.5 Å². The van der Waals surface area contributed by atoms with Crippen molar-refractivity contribution >= 4 is 45.3 Å². The highest BCUT2D eigenvalue weighted by Crippen LogP contribution is 2.38. The van der Waals surface area contributed by atoms with E-state index in [0.717, 1.165) is 32.8 Å². The van der Waals surface area contributed by atoms with E-state index in [9.17, 15) is 9.59 Å². The quantitative estimate of drug-likeness (QED) is 0.246. The molecule has 0 aliphatic carbocycles. The molecule has 0 N–H and O–H groups in total. The van der Waals surface area contributed by atoms with Crippen molar-refractivity contribution in [1.82, 2.24) is 9.80 Å². The molecule has 0 aromatic heterocycles. The molecule has 0 unspecified atom stereocenters. The molecule has 4 aromatic rings. The van der Waals surface area contributed by atoms with Gasteiger partial charge >= 0.3 is 0 Å². The van der Waals surface area contributed by atoms with E-state index in [1.807, 2.05) is 79.8 Å². The van der Waals surface area contributed by atoms with Gasteiger partial charge in [-0.1, -0.05) is 54.1 Å². The normalized spacial score (nSPS) is 13.8. The second kappa shape index (κ2) is 8.26. The Morgan fingerprint density at radius 3 is 2.42 bits per heavy atom. The molecule has 0 spiro atoms. The van der Waals surface area contributed by atoms with Crippen molar-refractivity contribution < 1.29 is 9.59 Å². The van der Waals surface area contributed by atoms with Gasteiger partial charge < -0.3 is 4.90 Å². The standard InChI is InChI=1S/C28H25N3O2/c1-18-10-12-19(13-11-18)17-29-24-9-5-7-21-23(24)16-20-6-4-8-22-25(20)26(21)28(33)31(27(22)32)15-14-30(2)3/h4-13,16-17H,14-15H2,1-3H3. The summed E-state index contributed by atoms with van der Waals surface area (Å²) in [5.41, 5.74) is 4.17. The number of benzene rings is 4. The predicted molar refractivity (Wildman–Crippen MR) is 134 cm³/mol. The number of hydrogen-bond acceptors (Lipinski definition) is 4. The molecule has 0 bridgehead atoms. The Hall–Kier alpha value is -3.83. The fourth-order valence-electron chi connectivity index (χ4n) is 4.37. The lowest BCUT2D eigenvalue weighted by Crippen LogP contribution is -2.43. The first-order chi connectivity index (χ1) is 15.9. The molecule has 0 radical (unpaired) electrons. The van der Waals surface area contributed by atoms with Crippen LogP contribution >= 0.6 is 0 Å². The lowest BCUT2D eigenvalue weighted by molar-refractivity contribution is 0.0602. The zero-order valence-corrected chi connectivity index (χ0v) is 19.0. The predicted octanol–water partition coefficient (Wildman–Crippen LogP) is 5.21. The van der Waals surface area contributed by atoms with Crippen molar-refractivity contribution in [3.63, 3.8) is 0 Å². The molecule has 0 fully saturated rings. The smallest absolute Gasteiger partial charge is 0.262 e. The van der Waals surface area contributed by atoms with E-state index in [1.54, 1.807) is 0 Å². The molecular weight excluding hydrogens is 410 g/mol. The van der Waals surface area contributed by atoms with Crippen molar-refractivity contribution in [2.24, 2.45) is 4.99 Å². The summed E-state index contributed by atoms with van der Waals surface area (Å²) in [7, 11) is 3.86. The molecule has 4 aromatic carbocycles. The van der Waals surface area contributed by atoms with Crippen LogP contribution in [0, 0.1) is 6.92 Å². The highest BCUT2D eigenvalue weighted by atomic mass is 16.2. The van der Waals surface area contributed by atoms with Gasteiger partial charge in [-0.15, -0.1) is 0 Å². The molecule has 5 heteroatoms. The van der Waals surface area contributed by atoms with Gasteiger partial charge in [0.25, 0.3) is 11.8 Å². The zero-order chi connectivity index (χ0) is 23.1. The summed E-state index contributed by atoms with van der Waals surface area (Å²) in [6.07, 6.45) is 1.84. The molecular formula is C28H25N3O2. The van der Waals surface area contributed by atoms with Gasteiger partial charge in [0.2, 0.25) is 0 Å². The third kappa shape index (κ3) is 3.70. The topological polar surface area (TPSA) is 53.0 Å². The Balaban J connectivity index is 1.69. The largest absolute Gasteiger partial charge is 0.308 e. The summed E-state index contributed by atoms with van der Waals surface area (Å²) in [6, 6.07) is 21.7. The average molecular weight is 436 g/mol. The third-order valence-electron chi connectivity index (χ3n) is 6.13. The highest BCUT2D eigenvalue weighted by Gasteiger charge is 2.34. The first kappa shape index (κ1) is 21.0. The Bertz CT molecular complexity index is 1440. The number of aliphatic imine (C=N–C) groups is 1. The van der Waals surface area contributed by atoms with Gasteiger partial charge in [0.05, 0.1) is 11.3 Å². The van der Waals surface area contributed by atoms with Gasteiger partial charge in [-0.05, 0) is 55.6 Å². The van der Waals surface area contributed by atoms with Crippen molar-refractivity contribution in [1.29, 1.82) is 0 Å². The number of amides is 2. The molecule has 1 heterocycles. The minimum atomic E-state index is -0.240. The van der Waals surface area contributed by atoms with Crippen LogP contribution in [0.2, 0.25) is 0 Å². The third-order valence-corrected chi connectivity index (χ3v) is 6.13. The number of likely N-dealkylation sites (N-methyl/N-ethyl adjacent to an activating group) is 1. The van der Waals surface area contributed by atoms with E-state index in [4.69, 9.17) is 4.99 Å². The Morgan fingerprint density at radius 2 is 1.67 bits per heavy atom. The molecule has 33 heavy (non-hydrogen) atoms. The molecule has 5 nitrogen and oxygen atoms in total. The number of rotatable bonds is 5. The lowest BCUT2D eigenvalue weighted by Gasteiger charge is -2.29. The number of aryl methyl sites for hydroxylation is 1. The maximum absolute atomic E-state index is 13.6. The second-order valence-corrected chi connectivity index (χ2v) is 8.76. The average Bonchev–Trinajstić information content (AvgIpc) is 2.81. The van der Waals surface area contributed by atoms with E-state index >= 15 is 0 Å². The van der Waals surface area contributed by atoms with E-state index in [-0.39, 0.29) is 11.8 Å². The van der Waals surface area contributed by atoms with Crippen LogP contribution in [0.15, 0.2) is 71.7 Å². The van der Waals surface area contributed by atoms with Gasteiger partial charge in [0.15, 0.2) is 0 Å². The fourth-order valence-corrected chi connectivity index (χ4v) is 4.37.